The number of carbonyl (C=O) groups excluding carboxylic acids is 1. The molecule has 1 aliphatic rings. The molecule has 0 N–H and O–H groups in total. The van der Waals surface area contributed by atoms with Crippen molar-refractivity contribution in [2.75, 3.05) is 19.7 Å². The van der Waals surface area contributed by atoms with E-state index in [0.717, 1.165) is 25.9 Å². The second-order valence-corrected chi connectivity index (χ2v) is 5.24. The van der Waals surface area contributed by atoms with E-state index in [1.165, 1.54) is 0 Å². The lowest BCUT2D eigenvalue weighted by Gasteiger charge is -2.18. The zero-order valence-corrected chi connectivity index (χ0v) is 12.0. The fourth-order valence-electron chi connectivity index (χ4n) is 2.23. The number of hydrogen-bond donors (Lipinski definition) is 0. The lowest BCUT2D eigenvalue weighted by Crippen LogP contribution is -2.33. The molecule has 1 amide bonds. The van der Waals surface area contributed by atoms with Crippen LogP contribution in [0.25, 0.3) is 0 Å². The summed E-state index contributed by atoms with van der Waals surface area (Å²) in [6.45, 7) is 1.89. The summed E-state index contributed by atoms with van der Waals surface area (Å²) in [4.78, 5) is 13.9. The van der Waals surface area contributed by atoms with Crippen LogP contribution in [-0.2, 0) is 4.79 Å². The maximum absolute atomic E-state index is 12.1. The van der Waals surface area contributed by atoms with Gasteiger partial charge in [0.25, 0.3) is 0 Å². The number of rotatable bonds is 5. The molecule has 0 bridgehead atoms. The Hall–Kier alpha value is -1.73. The largest absolute Gasteiger partial charge is 0.494 e. The number of nitrogens with zero attached hydrogens (tertiary/aromatic N) is 2. The number of halogens is 1. The van der Waals surface area contributed by atoms with E-state index in [9.17, 15) is 4.79 Å². The molecule has 4 nitrogen and oxygen atoms in total. The number of likely N-dealkylation sites (tertiary alicyclic amines) is 1. The standard InChI is InChI=1S/C15H17ClN2O2/c16-13-3-5-14(6-4-13)20-10-7-12(11-17)15(19)18-8-1-2-9-18/h3-6,12H,1-2,7-10H2. The number of ether oxygens (including phenoxy) is 1. The van der Waals surface area contributed by atoms with Crippen LogP contribution in [0.15, 0.2) is 24.3 Å². The van der Waals surface area contributed by atoms with Gasteiger partial charge in [-0.15, -0.1) is 0 Å². The van der Waals surface area contributed by atoms with Crippen molar-refractivity contribution >= 4 is 17.5 Å². The molecule has 1 heterocycles. The molecule has 1 aliphatic heterocycles. The number of amides is 1. The Morgan fingerprint density at radius 1 is 1.35 bits per heavy atom. The topological polar surface area (TPSA) is 53.3 Å². The second-order valence-electron chi connectivity index (χ2n) is 4.81. The molecule has 1 saturated heterocycles. The van der Waals surface area contributed by atoms with Crippen molar-refractivity contribution in [3.63, 3.8) is 0 Å². The van der Waals surface area contributed by atoms with Crippen molar-refractivity contribution in [3.8, 4) is 11.8 Å². The molecule has 1 atom stereocenters. The Balaban J connectivity index is 1.80. The number of hydrogen-bond acceptors (Lipinski definition) is 3. The quantitative estimate of drug-likeness (QED) is 0.838. The highest BCUT2D eigenvalue weighted by Gasteiger charge is 2.26. The Bertz CT molecular complexity index is 490. The third kappa shape index (κ3) is 3.88. The van der Waals surface area contributed by atoms with Gasteiger partial charge in [0.15, 0.2) is 0 Å². The average molecular weight is 293 g/mol. The molecule has 1 fully saturated rings. The Labute approximate surface area is 123 Å². The molecule has 1 aromatic carbocycles. The van der Waals surface area contributed by atoms with E-state index in [0.29, 0.717) is 23.8 Å². The van der Waals surface area contributed by atoms with Crippen LogP contribution in [0.2, 0.25) is 5.02 Å². The summed E-state index contributed by atoms with van der Waals surface area (Å²) < 4.78 is 5.53. The normalized spacial score (nSPS) is 15.7. The molecule has 0 spiro atoms. The van der Waals surface area contributed by atoms with E-state index in [1.807, 2.05) is 0 Å². The van der Waals surface area contributed by atoms with Gasteiger partial charge in [-0.3, -0.25) is 4.79 Å². The molecule has 0 aromatic heterocycles. The average Bonchev–Trinajstić information content (AvgIpc) is 2.99. The Morgan fingerprint density at radius 3 is 2.60 bits per heavy atom. The molecule has 5 heteroatoms. The summed E-state index contributed by atoms with van der Waals surface area (Å²) in [7, 11) is 0. The van der Waals surface area contributed by atoms with Crippen molar-refractivity contribution in [1.82, 2.24) is 4.90 Å². The van der Waals surface area contributed by atoms with E-state index >= 15 is 0 Å². The first kappa shape index (κ1) is 14.7. The van der Waals surface area contributed by atoms with E-state index < -0.39 is 5.92 Å². The molecule has 106 valence electrons. The van der Waals surface area contributed by atoms with Gasteiger partial charge in [-0.05, 0) is 37.1 Å². The van der Waals surface area contributed by atoms with Crippen molar-refractivity contribution in [2.24, 2.45) is 5.92 Å². The minimum Gasteiger partial charge on any atom is -0.494 e. The Kier molecular flexibility index (Phi) is 5.25. The summed E-state index contributed by atoms with van der Waals surface area (Å²) in [6, 6.07) is 9.11. The summed E-state index contributed by atoms with van der Waals surface area (Å²) in [5.41, 5.74) is 0. The van der Waals surface area contributed by atoms with E-state index in [1.54, 1.807) is 29.2 Å². The van der Waals surface area contributed by atoms with Gasteiger partial charge in [0, 0.05) is 24.5 Å². The minimum absolute atomic E-state index is 0.0651. The summed E-state index contributed by atoms with van der Waals surface area (Å²) in [5.74, 6) is 0.0183. The van der Waals surface area contributed by atoms with E-state index in [2.05, 4.69) is 6.07 Å². The molecular formula is C15H17ClN2O2. The predicted molar refractivity (Wildman–Crippen MR) is 76.5 cm³/mol. The SMILES string of the molecule is N#CC(CCOc1ccc(Cl)cc1)C(=O)N1CCCC1. The third-order valence-electron chi connectivity index (χ3n) is 3.36. The van der Waals surface area contributed by atoms with Crippen LogP contribution in [0, 0.1) is 17.2 Å². The molecule has 0 radical (unpaired) electrons. The van der Waals surface area contributed by atoms with Gasteiger partial charge in [-0.1, -0.05) is 11.6 Å². The van der Waals surface area contributed by atoms with Gasteiger partial charge in [0.2, 0.25) is 5.91 Å². The minimum atomic E-state index is -0.611. The summed E-state index contributed by atoms with van der Waals surface area (Å²) >= 11 is 5.78. The zero-order valence-electron chi connectivity index (χ0n) is 11.2. The van der Waals surface area contributed by atoms with Crippen molar-refractivity contribution in [2.45, 2.75) is 19.3 Å². The third-order valence-corrected chi connectivity index (χ3v) is 3.61. The van der Waals surface area contributed by atoms with Gasteiger partial charge in [-0.2, -0.15) is 5.26 Å². The predicted octanol–water partition coefficient (Wildman–Crippen LogP) is 2.87. The first-order chi connectivity index (χ1) is 9.70. The fourth-order valence-corrected chi connectivity index (χ4v) is 2.35. The molecule has 1 aromatic rings. The van der Waals surface area contributed by atoms with Crippen LogP contribution in [0.3, 0.4) is 0 Å². The molecule has 2 rings (SSSR count). The van der Waals surface area contributed by atoms with Crippen LogP contribution in [0.4, 0.5) is 0 Å². The highest BCUT2D eigenvalue weighted by molar-refractivity contribution is 6.30. The Morgan fingerprint density at radius 2 is 2.00 bits per heavy atom. The summed E-state index contributed by atoms with van der Waals surface area (Å²) in [6.07, 6.45) is 2.48. The highest BCUT2D eigenvalue weighted by Crippen LogP contribution is 2.17. The maximum Gasteiger partial charge on any atom is 0.240 e. The van der Waals surface area contributed by atoms with Gasteiger partial charge >= 0.3 is 0 Å². The molecule has 0 aliphatic carbocycles. The summed E-state index contributed by atoms with van der Waals surface area (Å²) in [5, 5.41) is 9.77. The van der Waals surface area contributed by atoms with Crippen LogP contribution in [-0.4, -0.2) is 30.5 Å². The number of carbonyl (C=O) groups is 1. The molecule has 0 saturated carbocycles. The fraction of sp³-hybridized carbons (Fsp3) is 0.467. The first-order valence-corrected chi connectivity index (χ1v) is 7.15. The van der Waals surface area contributed by atoms with Crippen molar-refractivity contribution < 1.29 is 9.53 Å². The zero-order chi connectivity index (χ0) is 14.4. The monoisotopic (exact) mass is 292 g/mol. The molecule has 20 heavy (non-hydrogen) atoms. The van der Waals surface area contributed by atoms with Gasteiger partial charge < -0.3 is 9.64 Å². The van der Waals surface area contributed by atoms with E-state index in [4.69, 9.17) is 21.6 Å². The van der Waals surface area contributed by atoms with Crippen LogP contribution >= 0.6 is 11.6 Å². The van der Waals surface area contributed by atoms with Gasteiger partial charge in [0.05, 0.1) is 12.7 Å². The molecular weight excluding hydrogens is 276 g/mol. The van der Waals surface area contributed by atoms with Gasteiger partial charge in [-0.25, -0.2) is 0 Å². The highest BCUT2D eigenvalue weighted by atomic mass is 35.5. The smallest absolute Gasteiger partial charge is 0.240 e. The van der Waals surface area contributed by atoms with Crippen LogP contribution < -0.4 is 4.74 Å². The van der Waals surface area contributed by atoms with E-state index in [-0.39, 0.29) is 5.91 Å². The van der Waals surface area contributed by atoms with Crippen LogP contribution in [0.5, 0.6) is 5.75 Å². The maximum atomic E-state index is 12.1. The lowest BCUT2D eigenvalue weighted by atomic mass is 10.1. The van der Waals surface area contributed by atoms with Gasteiger partial charge in [0.1, 0.15) is 11.7 Å². The van der Waals surface area contributed by atoms with Crippen LogP contribution in [0.1, 0.15) is 19.3 Å². The number of nitriles is 1. The first-order valence-electron chi connectivity index (χ1n) is 6.77. The molecule has 1 unspecified atom stereocenters. The number of benzene rings is 1. The van der Waals surface area contributed by atoms with Crippen molar-refractivity contribution in [3.05, 3.63) is 29.3 Å². The van der Waals surface area contributed by atoms with Crippen molar-refractivity contribution in [1.29, 1.82) is 5.26 Å². The second kappa shape index (κ2) is 7.16. The lowest BCUT2D eigenvalue weighted by molar-refractivity contribution is -0.133.